The summed E-state index contributed by atoms with van der Waals surface area (Å²) in [6, 6.07) is 20.4. The van der Waals surface area contributed by atoms with Gasteiger partial charge in [0, 0.05) is 38.4 Å². The van der Waals surface area contributed by atoms with Gasteiger partial charge in [-0.2, -0.15) is 5.10 Å². The van der Waals surface area contributed by atoms with Crippen LogP contribution < -0.4 is 4.90 Å². The fourth-order valence-electron chi connectivity index (χ4n) is 3.94. The average Bonchev–Trinajstić information content (AvgIpc) is 3.34. The van der Waals surface area contributed by atoms with Gasteiger partial charge in [-0.05, 0) is 54.1 Å². The highest BCUT2D eigenvalue weighted by molar-refractivity contribution is 9.10. The molecular formula is C23H14BrClN4O3. The second kappa shape index (κ2) is 7.89. The average molecular weight is 510 g/mol. The molecule has 1 unspecified atom stereocenters. The predicted molar refractivity (Wildman–Crippen MR) is 125 cm³/mol. The lowest BCUT2D eigenvalue weighted by molar-refractivity contribution is -0.384. The van der Waals surface area contributed by atoms with Crippen molar-refractivity contribution in [1.29, 1.82) is 0 Å². The van der Waals surface area contributed by atoms with Crippen LogP contribution in [-0.2, 0) is 0 Å². The molecule has 1 amide bonds. The van der Waals surface area contributed by atoms with Crippen molar-refractivity contribution in [2.24, 2.45) is 0 Å². The third-order valence-electron chi connectivity index (χ3n) is 5.41. The van der Waals surface area contributed by atoms with E-state index in [9.17, 15) is 14.9 Å². The van der Waals surface area contributed by atoms with E-state index < -0.39 is 11.0 Å². The largest absolute Gasteiger partial charge is 0.295 e. The molecule has 0 fully saturated rings. The maximum atomic E-state index is 13.4. The first-order valence-electron chi connectivity index (χ1n) is 9.61. The molecule has 158 valence electrons. The Morgan fingerprint density at radius 1 is 1.00 bits per heavy atom. The summed E-state index contributed by atoms with van der Waals surface area (Å²) in [4.78, 5) is 25.8. The van der Waals surface area contributed by atoms with Crippen molar-refractivity contribution in [2.45, 2.75) is 6.04 Å². The van der Waals surface area contributed by atoms with Gasteiger partial charge >= 0.3 is 0 Å². The molecule has 3 aromatic carbocycles. The molecule has 0 spiro atoms. The molecule has 1 N–H and O–H groups in total. The fourth-order valence-corrected chi connectivity index (χ4v) is 4.33. The number of hydrogen-bond acceptors (Lipinski definition) is 4. The number of anilines is 1. The number of nitrogens with one attached hydrogen (secondary N) is 1. The number of amides is 1. The SMILES string of the molecule is O=C1c2[nH]nc(-c3ccc(Br)cc3)c2C(c2ccc([N+](=O)[O-])cc2)N1c1ccc(Cl)cc1. The van der Waals surface area contributed by atoms with Crippen molar-refractivity contribution in [1.82, 2.24) is 10.2 Å². The van der Waals surface area contributed by atoms with E-state index >= 15 is 0 Å². The second-order valence-corrected chi connectivity index (χ2v) is 8.62. The van der Waals surface area contributed by atoms with Gasteiger partial charge in [-0.3, -0.25) is 24.9 Å². The van der Waals surface area contributed by atoms with Crippen LogP contribution in [0.5, 0.6) is 0 Å². The van der Waals surface area contributed by atoms with Crippen LogP contribution in [0.15, 0.2) is 77.3 Å². The van der Waals surface area contributed by atoms with Crippen molar-refractivity contribution >= 4 is 44.8 Å². The number of nitrogens with zero attached hydrogens (tertiary/aromatic N) is 3. The van der Waals surface area contributed by atoms with Crippen molar-refractivity contribution in [2.75, 3.05) is 4.90 Å². The van der Waals surface area contributed by atoms with Crippen LogP contribution >= 0.6 is 27.5 Å². The van der Waals surface area contributed by atoms with Gasteiger partial charge in [-0.1, -0.05) is 39.7 Å². The van der Waals surface area contributed by atoms with E-state index in [0.717, 1.165) is 21.2 Å². The minimum Gasteiger partial charge on any atom is -0.295 e. The third kappa shape index (κ3) is 3.37. The molecule has 7 nitrogen and oxygen atoms in total. The molecule has 0 saturated heterocycles. The summed E-state index contributed by atoms with van der Waals surface area (Å²) in [6.45, 7) is 0. The zero-order valence-electron chi connectivity index (χ0n) is 16.3. The van der Waals surface area contributed by atoms with Crippen LogP contribution in [0, 0.1) is 10.1 Å². The Kier molecular flexibility index (Phi) is 5.03. The number of halogens is 2. The van der Waals surface area contributed by atoms with Crippen LogP contribution in [-0.4, -0.2) is 21.0 Å². The maximum absolute atomic E-state index is 13.4. The lowest BCUT2D eigenvalue weighted by Crippen LogP contribution is -2.29. The second-order valence-electron chi connectivity index (χ2n) is 7.27. The smallest absolute Gasteiger partial charge is 0.277 e. The molecule has 0 aliphatic carbocycles. The number of aromatic nitrogens is 2. The molecule has 0 bridgehead atoms. The molecule has 4 aromatic rings. The zero-order chi connectivity index (χ0) is 22.4. The maximum Gasteiger partial charge on any atom is 0.277 e. The van der Waals surface area contributed by atoms with E-state index in [-0.39, 0.29) is 11.6 Å². The summed E-state index contributed by atoms with van der Waals surface area (Å²) >= 11 is 9.49. The number of rotatable bonds is 4. The van der Waals surface area contributed by atoms with Gasteiger partial charge in [0.2, 0.25) is 0 Å². The normalized spacial score (nSPS) is 15.1. The molecule has 0 saturated carbocycles. The summed E-state index contributed by atoms with van der Waals surface area (Å²) in [5, 5.41) is 19.0. The topological polar surface area (TPSA) is 92.1 Å². The van der Waals surface area contributed by atoms with Gasteiger partial charge < -0.3 is 0 Å². The first-order valence-corrected chi connectivity index (χ1v) is 10.8. The summed E-state index contributed by atoms with van der Waals surface area (Å²) < 4.78 is 0.930. The number of carbonyl (C=O) groups excluding carboxylic acids is 1. The number of aromatic amines is 1. The van der Waals surface area contributed by atoms with E-state index in [1.807, 2.05) is 24.3 Å². The zero-order valence-corrected chi connectivity index (χ0v) is 18.7. The number of benzene rings is 3. The molecule has 9 heteroatoms. The van der Waals surface area contributed by atoms with E-state index in [0.29, 0.717) is 22.1 Å². The number of hydrogen-bond donors (Lipinski definition) is 1. The van der Waals surface area contributed by atoms with Gasteiger partial charge in [-0.15, -0.1) is 0 Å². The first kappa shape index (κ1) is 20.4. The highest BCUT2D eigenvalue weighted by Crippen LogP contribution is 2.45. The molecule has 0 radical (unpaired) electrons. The third-order valence-corrected chi connectivity index (χ3v) is 6.19. The van der Waals surface area contributed by atoms with Crippen LogP contribution in [0.2, 0.25) is 5.02 Å². The summed E-state index contributed by atoms with van der Waals surface area (Å²) in [5.74, 6) is -0.235. The van der Waals surface area contributed by atoms with E-state index in [1.54, 1.807) is 41.3 Å². The standard InChI is InChI=1S/C23H14BrClN4O3/c24-15-5-1-13(2-6-15)20-19-21(27-26-20)23(30)28(17-11-7-16(25)8-12-17)22(19)14-3-9-18(10-4-14)29(31)32/h1-12,22H,(H,26,27). The lowest BCUT2D eigenvalue weighted by atomic mass is 9.95. The molecule has 32 heavy (non-hydrogen) atoms. The summed E-state index contributed by atoms with van der Waals surface area (Å²) in [6.07, 6.45) is 0. The number of nitro benzene ring substituents is 1. The Balaban J connectivity index is 1.70. The van der Waals surface area contributed by atoms with Crippen molar-refractivity contribution in [3.8, 4) is 11.3 Å². The predicted octanol–water partition coefficient (Wildman–Crippen LogP) is 6.15. The van der Waals surface area contributed by atoms with Crippen LogP contribution in [0.1, 0.15) is 27.7 Å². The highest BCUT2D eigenvalue weighted by Gasteiger charge is 2.43. The van der Waals surface area contributed by atoms with Crippen molar-refractivity contribution in [3.63, 3.8) is 0 Å². The molecule has 1 aromatic heterocycles. The van der Waals surface area contributed by atoms with E-state index in [2.05, 4.69) is 26.1 Å². The van der Waals surface area contributed by atoms with Gasteiger partial charge in [0.1, 0.15) is 5.69 Å². The number of non-ortho nitro benzene ring substituents is 1. The number of nitro groups is 1. The van der Waals surface area contributed by atoms with E-state index in [4.69, 9.17) is 11.6 Å². The Morgan fingerprint density at radius 3 is 2.28 bits per heavy atom. The number of fused-ring (bicyclic) bond motifs is 1. The van der Waals surface area contributed by atoms with Crippen LogP contribution in [0.25, 0.3) is 11.3 Å². The molecule has 1 atom stereocenters. The monoisotopic (exact) mass is 508 g/mol. The quantitative estimate of drug-likeness (QED) is 0.264. The lowest BCUT2D eigenvalue weighted by Gasteiger charge is -2.26. The number of carbonyl (C=O) groups is 1. The van der Waals surface area contributed by atoms with Gasteiger partial charge in [0.15, 0.2) is 0 Å². The van der Waals surface area contributed by atoms with Crippen LogP contribution in [0.4, 0.5) is 11.4 Å². The minimum atomic E-state index is -0.517. The molecule has 1 aliphatic rings. The molecular weight excluding hydrogens is 496 g/mol. The Hall–Kier alpha value is -3.49. The molecule has 5 rings (SSSR count). The van der Waals surface area contributed by atoms with Gasteiger partial charge in [0.05, 0.1) is 16.7 Å². The van der Waals surface area contributed by atoms with Crippen molar-refractivity contribution in [3.05, 3.63) is 109 Å². The van der Waals surface area contributed by atoms with Gasteiger partial charge in [-0.25, -0.2) is 0 Å². The summed E-state index contributed by atoms with van der Waals surface area (Å²) in [5.41, 5.74) is 3.99. The minimum absolute atomic E-state index is 0.0170. The van der Waals surface area contributed by atoms with Crippen molar-refractivity contribution < 1.29 is 9.72 Å². The fraction of sp³-hybridized carbons (Fsp3) is 0.0435. The van der Waals surface area contributed by atoms with Crippen LogP contribution in [0.3, 0.4) is 0 Å². The molecule has 2 heterocycles. The first-order chi connectivity index (χ1) is 15.4. The van der Waals surface area contributed by atoms with Gasteiger partial charge in [0.25, 0.3) is 11.6 Å². The number of H-pyrrole nitrogens is 1. The van der Waals surface area contributed by atoms with E-state index in [1.165, 1.54) is 12.1 Å². The Morgan fingerprint density at radius 2 is 1.66 bits per heavy atom. The summed E-state index contributed by atoms with van der Waals surface area (Å²) in [7, 11) is 0. The Labute approximate surface area is 195 Å². The Bertz CT molecular complexity index is 1340. The highest BCUT2D eigenvalue weighted by atomic mass is 79.9. The molecule has 1 aliphatic heterocycles.